The quantitative estimate of drug-likeness (QED) is 0.654. The first-order valence-corrected chi connectivity index (χ1v) is 7.77. The smallest absolute Gasteiger partial charge is 0.311 e. The molecule has 0 aliphatic carbocycles. The van der Waals surface area contributed by atoms with Gasteiger partial charge in [-0.05, 0) is 29.8 Å². The van der Waals surface area contributed by atoms with Crippen LogP contribution < -0.4 is 4.74 Å². The minimum Gasteiger partial charge on any atom is -0.496 e. The Kier molecular flexibility index (Phi) is 4.71. The summed E-state index contributed by atoms with van der Waals surface area (Å²) in [6, 6.07) is 7.75. The fourth-order valence-electron chi connectivity index (χ4n) is 2.96. The third-order valence-electron chi connectivity index (χ3n) is 4.21. The van der Waals surface area contributed by atoms with E-state index in [1.54, 1.807) is 18.2 Å². The molecule has 1 heterocycles. The van der Waals surface area contributed by atoms with Gasteiger partial charge >= 0.3 is 5.97 Å². The fraction of sp³-hybridized carbons (Fsp3) is 0.158. The molecule has 0 saturated heterocycles. The number of Topliss-reactive ketones (excluding diaryl/α,β-unsaturated/α-hetero) is 1. The van der Waals surface area contributed by atoms with Gasteiger partial charge in [0.2, 0.25) is 0 Å². The van der Waals surface area contributed by atoms with Crippen molar-refractivity contribution in [3.05, 3.63) is 65.4 Å². The van der Waals surface area contributed by atoms with Crippen molar-refractivity contribution in [2.45, 2.75) is 12.3 Å². The van der Waals surface area contributed by atoms with Gasteiger partial charge in [-0.1, -0.05) is 6.07 Å². The molecule has 5 nitrogen and oxygen atoms in total. The number of nitrogens with one attached hydrogen (secondary N) is 1. The molecule has 1 aromatic heterocycles. The number of benzene rings is 2. The predicted molar refractivity (Wildman–Crippen MR) is 90.5 cm³/mol. The Bertz CT molecular complexity index is 996. The lowest BCUT2D eigenvalue weighted by molar-refractivity contribution is -0.138. The van der Waals surface area contributed by atoms with Crippen molar-refractivity contribution in [1.82, 2.24) is 4.98 Å². The summed E-state index contributed by atoms with van der Waals surface area (Å²) in [6.45, 7) is 0. The van der Waals surface area contributed by atoms with Gasteiger partial charge in [0.1, 0.15) is 17.4 Å². The highest BCUT2D eigenvalue weighted by atomic mass is 19.1. The molecular formula is C19H15F2NO4. The normalized spacial score (nSPS) is 12.1. The van der Waals surface area contributed by atoms with Gasteiger partial charge in [0.25, 0.3) is 0 Å². The molecule has 2 N–H and O–H groups in total. The SMILES string of the molecule is COc1cccc2[nH]cc(C(CC(=O)c3ccc(F)cc3F)C(=O)O)c12. The predicted octanol–water partition coefficient (Wildman–Crippen LogP) is 3.90. The van der Waals surface area contributed by atoms with Gasteiger partial charge in [-0.2, -0.15) is 0 Å². The Balaban J connectivity index is 2.01. The van der Waals surface area contributed by atoms with Crippen molar-refractivity contribution in [1.29, 1.82) is 0 Å². The molecular weight excluding hydrogens is 344 g/mol. The van der Waals surface area contributed by atoms with Crippen LogP contribution >= 0.6 is 0 Å². The average Bonchev–Trinajstić information content (AvgIpc) is 3.03. The number of carboxylic acids is 1. The number of hydrogen-bond acceptors (Lipinski definition) is 3. The molecule has 7 heteroatoms. The van der Waals surface area contributed by atoms with Crippen molar-refractivity contribution >= 4 is 22.7 Å². The number of halogens is 2. The maximum atomic E-state index is 13.8. The summed E-state index contributed by atoms with van der Waals surface area (Å²) in [7, 11) is 1.46. The Morgan fingerprint density at radius 3 is 2.65 bits per heavy atom. The van der Waals surface area contributed by atoms with Crippen LogP contribution in [0.2, 0.25) is 0 Å². The summed E-state index contributed by atoms with van der Waals surface area (Å²) in [4.78, 5) is 27.1. The molecule has 3 aromatic rings. The van der Waals surface area contributed by atoms with E-state index < -0.39 is 35.7 Å². The zero-order valence-electron chi connectivity index (χ0n) is 13.8. The Morgan fingerprint density at radius 1 is 1.23 bits per heavy atom. The van der Waals surface area contributed by atoms with Gasteiger partial charge in [0.15, 0.2) is 5.78 Å². The highest BCUT2D eigenvalue weighted by Gasteiger charge is 2.28. The number of fused-ring (bicyclic) bond motifs is 1. The highest BCUT2D eigenvalue weighted by molar-refractivity contribution is 6.01. The zero-order chi connectivity index (χ0) is 18.8. The van der Waals surface area contributed by atoms with Crippen LogP contribution in [0.4, 0.5) is 8.78 Å². The van der Waals surface area contributed by atoms with Crippen LogP contribution in [0.3, 0.4) is 0 Å². The van der Waals surface area contributed by atoms with E-state index in [1.807, 2.05) is 0 Å². The molecule has 134 valence electrons. The number of ether oxygens (including phenoxy) is 1. The lowest BCUT2D eigenvalue weighted by Gasteiger charge is -2.13. The summed E-state index contributed by atoms with van der Waals surface area (Å²) >= 11 is 0. The van der Waals surface area contributed by atoms with E-state index in [0.717, 1.165) is 12.1 Å². The number of carbonyl (C=O) groups is 2. The average molecular weight is 359 g/mol. The number of rotatable bonds is 6. The van der Waals surface area contributed by atoms with Gasteiger partial charge in [-0.15, -0.1) is 0 Å². The van der Waals surface area contributed by atoms with Crippen LogP contribution in [-0.4, -0.2) is 29.0 Å². The molecule has 0 radical (unpaired) electrons. The molecule has 1 atom stereocenters. The molecule has 0 saturated carbocycles. The Labute approximate surface area is 147 Å². The van der Waals surface area contributed by atoms with Crippen molar-refractivity contribution in [3.8, 4) is 5.75 Å². The van der Waals surface area contributed by atoms with E-state index in [1.165, 1.54) is 13.3 Å². The van der Waals surface area contributed by atoms with Crippen molar-refractivity contribution in [3.63, 3.8) is 0 Å². The van der Waals surface area contributed by atoms with Gasteiger partial charge < -0.3 is 14.8 Å². The summed E-state index contributed by atoms with van der Waals surface area (Å²) < 4.78 is 32.1. The number of aliphatic carboxylic acids is 1. The van der Waals surface area contributed by atoms with Crippen molar-refractivity contribution < 1.29 is 28.2 Å². The third-order valence-corrected chi connectivity index (χ3v) is 4.21. The second-order valence-electron chi connectivity index (χ2n) is 5.77. The van der Waals surface area contributed by atoms with Crippen LogP contribution in [-0.2, 0) is 4.79 Å². The van der Waals surface area contributed by atoms with E-state index in [0.29, 0.717) is 28.3 Å². The second-order valence-corrected chi connectivity index (χ2v) is 5.77. The number of ketones is 1. The lowest BCUT2D eigenvalue weighted by Crippen LogP contribution is -2.17. The van der Waals surface area contributed by atoms with E-state index in [-0.39, 0.29) is 5.56 Å². The molecule has 0 spiro atoms. The number of methoxy groups -OCH3 is 1. The van der Waals surface area contributed by atoms with Crippen molar-refractivity contribution in [2.75, 3.05) is 7.11 Å². The zero-order valence-corrected chi connectivity index (χ0v) is 13.8. The molecule has 0 aliphatic heterocycles. The second kappa shape index (κ2) is 6.95. The molecule has 1 unspecified atom stereocenters. The third kappa shape index (κ3) is 3.15. The topological polar surface area (TPSA) is 79.4 Å². The number of H-pyrrole nitrogens is 1. The molecule has 2 aromatic carbocycles. The molecule has 0 fully saturated rings. The van der Waals surface area contributed by atoms with Crippen LogP contribution in [0.5, 0.6) is 5.75 Å². The number of aromatic amines is 1. The first-order chi connectivity index (χ1) is 12.4. The molecule has 26 heavy (non-hydrogen) atoms. The van der Waals surface area contributed by atoms with Crippen LogP contribution in [0.15, 0.2) is 42.6 Å². The van der Waals surface area contributed by atoms with E-state index in [2.05, 4.69) is 4.98 Å². The number of aromatic nitrogens is 1. The highest BCUT2D eigenvalue weighted by Crippen LogP contribution is 2.35. The summed E-state index contributed by atoms with van der Waals surface area (Å²) in [6.07, 6.45) is 1.03. The fourth-order valence-corrected chi connectivity index (χ4v) is 2.96. The standard InChI is InChI=1S/C19H15F2NO4/c1-26-17-4-2-3-15-18(17)13(9-22-15)12(19(24)25)8-16(23)11-6-5-10(20)7-14(11)21/h2-7,9,12,22H,8H2,1H3,(H,24,25). The van der Waals surface area contributed by atoms with Gasteiger partial charge in [-0.3, -0.25) is 9.59 Å². The summed E-state index contributed by atoms with van der Waals surface area (Å²) in [5.74, 6) is -4.53. The van der Waals surface area contributed by atoms with Gasteiger partial charge in [0.05, 0.1) is 18.6 Å². The minimum atomic E-state index is -1.23. The van der Waals surface area contributed by atoms with E-state index >= 15 is 0 Å². The first kappa shape index (κ1) is 17.6. The van der Waals surface area contributed by atoms with Gasteiger partial charge in [0, 0.05) is 29.6 Å². The largest absolute Gasteiger partial charge is 0.496 e. The van der Waals surface area contributed by atoms with E-state index in [4.69, 9.17) is 4.74 Å². The van der Waals surface area contributed by atoms with Gasteiger partial charge in [-0.25, -0.2) is 8.78 Å². The maximum absolute atomic E-state index is 13.8. The van der Waals surface area contributed by atoms with Crippen molar-refractivity contribution in [2.24, 2.45) is 0 Å². The maximum Gasteiger partial charge on any atom is 0.311 e. The van der Waals surface area contributed by atoms with E-state index in [9.17, 15) is 23.5 Å². The van der Waals surface area contributed by atoms with Crippen LogP contribution in [0.25, 0.3) is 10.9 Å². The summed E-state index contributed by atoms with van der Waals surface area (Å²) in [5.41, 5.74) is 0.677. The monoisotopic (exact) mass is 359 g/mol. The number of carboxylic acid groups (broad SMARTS) is 1. The molecule has 0 aliphatic rings. The van der Waals surface area contributed by atoms with Crippen LogP contribution in [0.1, 0.15) is 28.3 Å². The van der Waals surface area contributed by atoms with Crippen LogP contribution in [0, 0.1) is 11.6 Å². The summed E-state index contributed by atoms with van der Waals surface area (Å²) in [5, 5.41) is 10.2. The Morgan fingerprint density at radius 2 is 2.00 bits per heavy atom. The number of hydrogen-bond donors (Lipinski definition) is 2. The minimum absolute atomic E-state index is 0.343. The molecule has 0 amide bonds. The first-order valence-electron chi connectivity index (χ1n) is 7.77. The molecule has 3 rings (SSSR count). The lowest BCUT2D eigenvalue weighted by atomic mass is 9.91. The molecule has 0 bridgehead atoms. The Hall–Kier alpha value is -3.22. The number of carbonyl (C=O) groups excluding carboxylic acids is 1.